The zero-order valence-electron chi connectivity index (χ0n) is 10.8. The highest BCUT2D eigenvalue weighted by Gasteiger charge is 2.03. The molecule has 0 bridgehead atoms. The number of hydrogen-bond donors (Lipinski definition) is 2. The van der Waals surface area contributed by atoms with E-state index in [1.54, 1.807) is 4.68 Å². The van der Waals surface area contributed by atoms with E-state index in [2.05, 4.69) is 10.1 Å². The van der Waals surface area contributed by atoms with Crippen LogP contribution in [0, 0.1) is 5.41 Å². The number of aromatic nitrogens is 3. The number of ether oxygens (including phenoxy) is 1. The lowest BCUT2D eigenvalue weighted by atomic mass is 10.1. The zero-order valence-corrected chi connectivity index (χ0v) is 10.8. The summed E-state index contributed by atoms with van der Waals surface area (Å²) in [6.45, 7) is 3.17. The second-order valence-corrected chi connectivity index (χ2v) is 4.13. The lowest BCUT2D eigenvalue weighted by molar-refractivity contribution is 0.287. The van der Waals surface area contributed by atoms with E-state index in [0.29, 0.717) is 13.0 Å². The molecule has 3 N–H and O–H groups in total. The lowest BCUT2D eigenvalue weighted by Crippen LogP contribution is -2.12. The van der Waals surface area contributed by atoms with Crippen molar-refractivity contribution in [1.29, 1.82) is 5.41 Å². The third kappa shape index (κ3) is 3.54. The molecule has 0 fully saturated rings. The van der Waals surface area contributed by atoms with E-state index < -0.39 is 0 Å². The SMILES string of the molecule is CCn1ncnc1COc1ccc(CC(=N)N)cc1. The number of nitrogens with one attached hydrogen (secondary N) is 1. The van der Waals surface area contributed by atoms with Gasteiger partial charge in [0.2, 0.25) is 0 Å². The molecule has 0 aliphatic carbocycles. The standard InChI is InChI=1S/C13H17N5O/c1-2-18-13(16-9-17-18)8-19-11-5-3-10(4-6-11)7-12(14)15/h3-6,9H,2,7-8H2,1H3,(H3,14,15). The van der Waals surface area contributed by atoms with Crippen molar-refractivity contribution in [3.63, 3.8) is 0 Å². The molecule has 19 heavy (non-hydrogen) atoms. The summed E-state index contributed by atoms with van der Waals surface area (Å²) < 4.78 is 7.44. The molecule has 0 spiro atoms. The van der Waals surface area contributed by atoms with E-state index >= 15 is 0 Å². The van der Waals surface area contributed by atoms with Crippen molar-refractivity contribution in [3.8, 4) is 5.75 Å². The van der Waals surface area contributed by atoms with Crippen LogP contribution in [-0.4, -0.2) is 20.6 Å². The van der Waals surface area contributed by atoms with Gasteiger partial charge in [-0.2, -0.15) is 5.10 Å². The number of rotatable bonds is 6. The number of nitrogens with zero attached hydrogens (tertiary/aromatic N) is 3. The normalized spacial score (nSPS) is 10.4. The van der Waals surface area contributed by atoms with Gasteiger partial charge in [0.05, 0.1) is 5.84 Å². The molecule has 0 unspecified atom stereocenters. The first-order valence-corrected chi connectivity index (χ1v) is 6.10. The van der Waals surface area contributed by atoms with Crippen molar-refractivity contribution in [1.82, 2.24) is 14.8 Å². The van der Waals surface area contributed by atoms with E-state index in [-0.39, 0.29) is 5.84 Å². The van der Waals surface area contributed by atoms with Crippen LogP contribution < -0.4 is 10.5 Å². The Morgan fingerprint density at radius 3 is 2.74 bits per heavy atom. The van der Waals surface area contributed by atoms with Gasteiger partial charge in [0.25, 0.3) is 0 Å². The highest BCUT2D eigenvalue weighted by molar-refractivity contribution is 5.79. The van der Waals surface area contributed by atoms with Gasteiger partial charge in [0.1, 0.15) is 18.7 Å². The summed E-state index contributed by atoms with van der Waals surface area (Å²) in [6.07, 6.45) is 1.99. The summed E-state index contributed by atoms with van der Waals surface area (Å²) >= 11 is 0. The van der Waals surface area contributed by atoms with Gasteiger partial charge < -0.3 is 10.5 Å². The Hall–Kier alpha value is -2.37. The van der Waals surface area contributed by atoms with Gasteiger partial charge in [-0.25, -0.2) is 9.67 Å². The Bertz CT molecular complexity index is 546. The monoisotopic (exact) mass is 259 g/mol. The first kappa shape index (κ1) is 13.1. The van der Waals surface area contributed by atoms with Gasteiger partial charge in [-0.3, -0.25) is 5.41 Å². The molecule has 1 aromatic carbocycles. The van der Waals surface area contributed by atoms with Gasteiger partial charge in [-0.15, -0.1) is 0 Å². The second kappa shape index (κ2) is 5.99. The largest absolute Gasteiger partial charge is 0.486 e. The Labute approximate surface area is 111 Å². The molecule has 6 heteroatoms. The highest BCUT2D eigenvalue weighted by Crippen LogP contribution is 2.14. The summed E-state index contributed by atoms with van der Waals surface area (Å²) in [5, 5.41) is 11.3. The average molecular weight is 259 g/mol. The smallest absolute Gasteiger partial charge is 0.164 e. The maximum atomic E-state index is 7.23. The Morgan fingerprint density at radius 2 is 2.11 bits per heavy atom. The topological polar surface area (TPSA) is 89.8 Å². The van der Waals surface area contributed by atoms with Gasteiger partial charge in [-0.1, -0.05) is 12.1 Å². The minimum absolute atomic E-state index is 0.157. The molecule has 6 nitrogen and oxygen atoms in total. The van der Waals surface area contributed by atoms with Crippen LogP contribution in [0.15, 0.2) is 30.6 Å². The molecule has 0 radical (unpaired) electrons. The molecular weight excluding hydrogens is 242 g/mol. The summed E-state index contributed by atoms with van der Waals surface area (Å²) in [5.74, 6) is 1.72. The van der Waals surface area contributed by atoms with Crippen LogP contribution in [0.3, 0.4) is 0 Å². The van der Waals surface area contributed by atoms with E-state index in [0.717, 1.165) is 23.7 Å². The molecule has 1 aromatic heterocycles. The van der Waals surface area contributed by atoms with Crippen LogP contribution in [0.2, 0.25) is 0 Å². The summed E-state index contributed by atoms with van der Waals surface area (Å²) in [7, 11) is 0. The summed E-state index contributed by atoms with van der Waals surface area (Å²) in [6, 6.07) is 7.54. The molecule has 2 aromatic rings. The Kier molecular flexibility index (Phi) is 4.12. The van der Waals surface area contributed by atoms with Crippen LogP contribution in [0.5, 0.6) is 5.75 Å². The molecule has 0 aliphatic heterocycles. The van der Waals surface area contributed by atoms with Crippen LogP contribution >= 0.6 is 0 Å². The number of hydrogen-bond acceptors (Lipinski definition) is 4. The molecular formula is C13H17N5O. The van der Waals surface area contributed by atoms with Crippen molar-refractivity contribution in [2.45, 2.75) is 26.5 Å². The predicted molar refractivity (Wildman–Crippen MR) is 72.1 cm³/mol. The summed E-state index contributed by atoms with van der Waals surface area (Å²) in [5.41, 5.74) is 6.35. The minimum atomic E-state index is 0.157. The average Bonchev–Trinajstić information content (AvgIpc) is 2.84. The third-order valence-electron chi connectivity index (χ3n) is 2.68. The van der Waals surface area contributed by atoms with Crippen molar-refractivity contribution >= 4 is 5.84 Å². The van der Waals surface area contributed by atoms with Crippen molar-refractivity contribution in [2.24, 2.45) is 5.73 Å². The number of aryl methyl sites for hydroxylation is 1. The van der Waals surface area contributed by atoms with Gasteiger partial charge in [0.15, 0.2) is 5.82 Å². The van der Waals surface area contributed by atoms with E-state index in [4.69, 9.17) is 15.9 Å². The molecule has 2 rings (SSSR count). The quantitative estimate of drug-likeness (QED) is 0.605. The molecule has 0 aliphatic rings. The highest BCUT2D eigenvalue weighted by atomic mass is 16.5. The van der Waals surface area contributed by atoms with Crippen LogP contribution in [0.25, 0.3) is 0 Å². The van der Waals surface area contributed by atoms with Gasteiger partial charge in [-0.05, 0) is 24.6 Å². The maximum absolute atomic E-state index is 7.23. The molecule has 1 heterocycles. The van der Waals surface area contributed by atoms with Gasteiger partial charge >= 0.3 is 0 Å². The van der Waals surface area contributed by atoms with Crippen LogP contribution in [0.4, 0.5) is 0 Å². The fourth-order valence-electron chi connectivity index (χ4n) is 1.74. The number of amidine groups is 1. The Morgan fingerprint density at radius 1 is 1.37 bits per heavy atom. The summed E-state index contributed by atoms with van der Waals surface area (Å²) in [4.78, 5) is 4.14. The molecule has 0 saturated heterocycles. The van der Waals surface area contributed by atoms with Crippen molar-refractivity contribution in [2.75, 3.05) is 0 Å². The first-order chi connectivity index (χ1) is 9.19. The van der Waals surface area contributed by atoms with E-state index in [1.165, 1.54) is 6.33 Å². The maximum Gasteiger partial charge on any atom is 0.164 e. The molecule has 100 valence electrons. The van der Waals surface area contributed by atoms with Crippen molar-refractivity contribution in [3.05, 3.63) is 42.0 Å². The lowest BCUT2D eigenvalue weighted by Gasteiger charge is -2.07. The fourth-order valence-corrected chi connectivity index (χ4v) is 1.74. The molecule has 0 saturated carbocycles. The number of nitrogens with two attached hydrogens (primary N) is 1. The Balaban J connectivity index is 1.94. The second-order valence-electron chi connectivity index (χ2n) is 4.13. The third-order valence-corrected chi connectivity index (χ3v) is 2.68. The predicted octanol–water partition coefficient (Wildman–Crippen LogP) is 1.36. The zero-order chi connectivity index (χ0) is 13.7. The minimum Gasteiger partial charge on any atom is -0.486 e. The van der Waals surface area contributed by atoms with E-state index in [9.17, 15) is 0 Å². The van der Waals surface area contributed by atoms with Gasteiger partial charge in [0, 0.05) is 13.0 Å². The molecule has 0 atom stereocenters. The van der Waals surface area contributed by atoms with Crippen LogP contribution in [-0.2, 0) is 19.6 Å². The fraction of sp³-hybridized carbons (Fsp3) is 0.308. The molecule has 0 amide bonds. The number of benzene rings is 1. The first-order valence-electron chi connectivity index (χ1n) is 6.10. The van der Waals surface area contributed by atoms with Crippen LogP contribution in [0.1, 0.15) is 18.3 Å². The van der Waals surface area contributed by atoms with E-state index in [1.807, 2.05) is 31.2 Å². The van der Waals surface area contributed by atoms with Crippen molar-refractivity contribution < 1.29 is 4.74 Å².